The largest absolute Gasteiger partial charge is 0.363 e. The van der Waals surface area contributed by atoms with E-state index in [-0.39, 0.29) is 6.04 Å². The molecule has 6 heteroatoms. The van der Waals surface area contributed by atoms with E-state index in [2.05, 4.69) is 4.98 Å². The van der Waals surface area contributed by atoms with Crippen molar-refractivity contribution in [1.82, 2.24) is 9.29 Å². The van der Waals surface area contributed by atoms with E-state index in [0.717, 1.165) is 24.4 Å². The van der Waals surface area contributed by atoms with Gasteiger partial charge in [0.15, 0.2) is 0 Å². The lowest BCUT2D eigenvalue weighted by Crippen LogP contribution is -2.30. The number of anilines is 1. The smallest absolute Gasteiger partial charge is 0.211 e. The average Bonchev–Trinajstić information content (AvgIpc) is 2.77. The van der Waals surface area contributed by atoms with Crippen LogP contribution in [0.2, 0.25) is 0 Å². The fraction of sp³-hybridized carbons (Fsp3) is 0.583. The standard InChI is InChI=1S/C12H19N3O2S/c1-14(2)12-8-4-6-10(13-12)11-7-5-9-15(11)18(3,16)17/h4,6,8,11H,5,7,9H2,1-3H3/t11-/m0/s1. The van der Waals surface area contributed by atoms with E-state index in [1.54, 1.807) is 4.31 Å². The van der Waals surface area contributed by atoms with Gasteiger partial charge in [-0.25, -0.2) is 13.4 Å². The Bertz CT molecular complexity index is 528. The Morgan fingerprint density at radius 2 is 2.11 bits per heavy atom. The van der Waals surface area contributed by atoms with Crippen molar-refractivity contribution in [2.45, 2.75) is 18.9 Å². The summed E-state index contributed by atoms with van der Waals surface area (Å²) in [4.78, 5) is 6.46. The minimum Gasteiger partial charge on any atom is -0.363 e. The van der Waals surface area contributed by atoms with E-state index in [1.165, 1.54) is 6.26 Å². The molecule has 2 heterocycles. The van der Waals surface area contributed by atoms with E-state index >= 15 is 0 Å². The zero-order valence-corrected chi connectivity index (χ0v) is 11.8. The molecule has 0 aromatic carbocycles. The van der Waals surface area contributed by atoms with Crippen molar-refractivity contribution in [3.8, 4) is 0 Å². The summed E-state index contributed by atoms with van der Waals surface area (Å²) in [6.45, 7) is 0.595. The van der Waals surface area contributed by atoms with Crippen LogP contribution < -0.4 is 4.90 Å². The Hall–Kier alpha value is -1.14. The summed E-state index contributed by atoms with van der Waals surface area (Å²) in [6.07, 6.45) is 3.00. The Labute approximate surface area is 108 Å². The third-order valence-corrected chi connectivity index (χ3v) is 4.47. The van der Waals surface area contributed by atoms with Gasteiger partial charge in [0.25, 0.3) is 0 Å². The molecule has 1 fully saturated rings. The average molecular weight is 269 g/mol. The molecule has 18 heavy (non-hydrogen) atoms. The van der Waals surface area contributed by atoms with E-state index in [9.17, 15) is 8.42 Å². The first-order valence-electron chi connectivity index (χ1n) is 6.00. The van der Waals surface area contributed by atoms with Crippen molar-refractivity contribution < 1.29 is 8.42 Å². The summed E-state index contributed by atoms with van der Waals surface area (Å²) in [7, 11) is 0.698. The van der Waals surface area contributed by atoms with Crippen LogP contribution in [0.3, 0.4) is 0 Å². The van der Waals surface area contributed by atoms with Gasteiger partial charge in [-0.2, -0.15) is 4.31 Å². The zero-order chi connectivity index (χ0) is 13.3. The van der Waals surface area contributed by atoms with Crippen molar-refractivity contribution in [1.29, 1.82) is 0 Å². The van der Waals surface area contributed by atoms with Gasteiger partial charge in [0.05, 0.1) is 18.0 Å². The molecule has 0 aliphatic carbocycles. The second kappa shape index (κ2) is 4.85. The molecule has 1 atom stereocenters. The predicted octanol–water partition coefficient (Wildman–Crippen LogP) is 1.24. The molecule has 1 aromatic rings. The van der Waals surface area contributed by atoms with Crippen molar-refractivity contribution >= 4 is 15.8 Å². The SMILES string of the molecule is CN(C)c1cccc([C@@H]2CCCN2S(C)(=O)=O)n1. The minimum absolute atomic E-state index is 0.111. The summed E-state index contributed by atoms with van der Waals surface area (Å²) in [5.41, 5.74) is 0.837. The van der Waals surface area contributed by atoms with Gasteiger partial charge in [0.1, 0.15) is 5.82 Å². The summed E-state index contributed by atoms with van der Waals surface area (Å²) in [6, 6.07) is 5.64. The van der Waals surface area contributed by atoms with Gasteiger partial charge in [-0.05, 0) is 25.0 Å². The first-order chi connectivity index (χ1) is 8.39. The molecule has 0 unspecified atom stereocenters. The number of nitrogens with zero attached hydrogens (tertiary/aromatic N) is 3. The lowest BCUT2D eigenvalue weighted by atomic mass is 10.1. The first-order valence-corrected chi connectivity index (χ1v) is 7.85. The number of hydrogen-bond acceptors (Lipinski definition) is 4. The number of aromatic nitrogens is 1. The van der Waals surface area contributed by atoms with Crippen molar-refractivity contribution in [2.75, 3.05) is 31.8 Å². The highest BCUT2D eigenvalue weighted by Gasteiger charge is 2.33. The van der Waals surface area contributed by atoms with Crippen LogP contribution in [-0.4, -0.2) is 44.6 Å². The molecule has 1 saturated heterocycles. The topological polar surface area (TPSA) is 53.5 Å². The normalized spacial score (nSPS) is 21.2. The molecular weight excluding hydrogens is 250 g/mol. The van der Waals surface area contributed by atoms with Crippen molar-refractivity contribution in [2.24, 2.45) is 0 Å². The maximum absolute atomic E-state index is 11.7. The monoisotopic (exact) mass is 269 g/mol. The van der Waals surface area contributed by atoms with E-state index in [0.29, 0.717) is 6.54 Å². The lowest BCUT2D eigenvalue weighted by Gasteiger charge is -2.22. The number of sulfonamides is 1. The van der Waals surface area contributed by atoms with Crippen LogP contribution in [0.25, 0.3) is 0 Å². The predicted molar refractivity (Wildman–Crippen MR) is 72.1 cm³/mol. The van der Waals surface area contributed by atoms with E-state index in [1.807, 2.05) is 37.2 Å². The van der Waals surface area contributed by atoms with Gasteiger partial charge in [0, 0.05) is 20.6 Å². The Morgan fingerprint density at radius 3 is 2.72 bits per heavy atom. The molecule has 0 N–H and O–H groups in total. The molecule has 2 rings (SSSR count). The van der Waals surface area contributed by atoms with Crippen LogP contribution in [0.5, 0.6) is 0 Å². The third kappa shape index (κ3) is 2.64. The quantitative estimate of drug-likeness (QED) is 0.828. The van der Waals surface area contributed by atoms with Gasteiger partial charge in [0.2, 0.25) is 10.0 Å². The molecule has 5 nitrogen and oxygen atoms in total. The van der Waals surface area contributed by atoms with Gasteiger partial charge >= 0.3 is 0 Å². The van der Waals surface area contributed by atoms with Crippen LogP contribution in [0.1, 0.15) is 24.6 Å². The maximum Gasteiger partial charge on any atom is 0.211 e. The molecule has 0 radical (unpaired) electrons. The highest BCUT2D eigenvalue weighted by Crippen LogP contribution is 2.33. The lowest BCUT2D eigenvalue weighted by molar-refractivity contribution is 0.394. The number of pyridine rings is 1. The van der Waals surface area contributed by atoms with E-state index < -0.39 is 10.0 Å². The van der Waals surface area contributed by atoms with Crippen LogP contribution >= 0.6 is 0 Å². The van der Waals surface area contributed by atoms with Crippen LogP contribution in [-0.2, 0) is 10.0 Å². The molecule has 0 saturated carbocycles. The molecule has 1 aliphatic heterocycles. The summed E-state index contributed by atoms with van der Waals surface area (Å²) < 4.78 is 25.0. The second-order valence-corrected chi connectivity index (χ2v) is 6.78. The first kappa shape index (κ1) is 13.3. The molecule has 0 amide bonds. The van der Waals surface area contributed by atoms with E-state index in [4.69, 9.17) is 0 Å². The maximum atomic E-state index is 11.7. The van der Waals surface area contributed by atoms with Crippen LogP contribution in [0, 0.1) is 0 Å². The fourth-order valence-corrected chi connectivity index (χ4v) is 3.44. The summed E-state index contributed by atoms with van der Waals surface area (Å²) >= 11 is 0. The molecular formula is C12H19N3O2S. The van der Waals surface area contributed by atoms with Gasteiger partial charge in [-0.3, -0.25) is 0 Å². The minimum atomic E-state index is -3.15. The molecule has 100 valence electrons. The summed E-state index contributed by atoms with van der Waals surface area (Å²) in [5.74, 6) is 0.854. The molecule has 1 aromatic heterocycles. The Kier molecular flexibility index (Phi) is 3.59. The molecule has 0 spiro atoms. The number of hydrogen-bond donors (Lipinski definition) is 0. The highest BCUT2D eigenvalue weighted by molar-refractivity contribution is 7.88. The fourth-order valence-electron chi connectivity index (χ4n) is 2.31. The zero-order valence-electron chi connectivity index (χ0n) is 11.0. The third-order valence-electron chi connectivity index (χ3n) is 3.19. The van der Waals surface area contributed by atoms with Crippen LogP contribution in [0.15, 0.2) is 18.2 Å². The molecule has 0 bridgehead atoms. The number of rotatable bonds is 3. The molecule has 1 aliphatic rings. The van der Waals surface area contributed by atoms with Gasteiger partial charge < -0.3 is 4.90 Å². The van der Waals surface area contributed by atoms with Crippen molar-refractivity contribution in [3.63, 3.8) is 0 Å². The Balaban J connectivity index is 2.33. The summed E-state index contributed by atoms with van der Waals surface area (Å²) in [5, 5.41) is 0. The highest BCUT2D eigenvalue weighted by atomic mass is 32.2. The Morgan fingerprint density at radius 1 is 1.39 bits per heavy atom. The van der Waals surface area contributed by atoms with Gasteiger partial charge in [-0.15, -0.1) is 0 Å². The van der Waals surface area contributed by atoms with Gasteiger partial charge in [-0.1, -0.05) is 6.07 Å². The second-order valence-electron chi connectivity index (χ2n) is 4.85. The van der Waals surface area contributed by atoms with Crippen molar-refractivity contribution in [3.05, 3.63) is 23.9 Å². The van der Waals surface area contributed by atoms with Crippen LogP contribution in [0.4, 0.5) is 5.82 Å².